The second kappa shape index (κ2) is 11.7. The highest BCUT2D eigenvalue weighted by Gasteiger charge is 2.29. The van der Waals surface area contributed by atoms with Gasteiger partial charge in [-0.2, -0.15) is 0 Å². The maximum absolute atomic E-state index is 6.80. The molecule has 0 bridgehead atoms. The van der Waals surface area contributed by atoms with Crippen LogP contribution in [-0.4, -0.2) is 23.4 Å². The van der Waals surface area contributed by atoms with Gasteiger partial charge in [0.2, 0.25) is 0 Å². The number of aryl methyl sites for hydroxylation is 1. The third-order valence-electron chi connectivity index (χ3n) is 9.78. The molecule has 0 amide bonds. The van der Waals surface area contributed by atoms with E-state index >= 15 is 0 Å². The number of hydrogen-bond acceptors (Lipinski definition) is 3. The van der Waals surface area contributed by atoms with E-state index in [1.807, 2.05) is 24.5 Å². The quantitative estimate of drug-likeness (QED) is 0.174. The van der Waals surface area contributed by atoms with Crippen LogP contribution in [0.25, 0.3) is 32.7 Å². The van der Waals surface area contributed by atoms with E-state index in [0.29, 0.717) is 0 Å². The second-order valence-electron chi connectivity index (χ2n) is 12.5. The van der Waals surface area contributed by atoms with Crippen molar-refractivity contribution >= 4 is 68.0 Å². The fourth-order valence-electron chi connectivity index (χ4n) is 7.63. The third-order valence-corrected chi connectivity index (χ3v) is 9.78. The van der Waals surface area contributed by atoms with E-state index < -0.39 is 0 Å². The summed E-state index contributed by atoms with van der Waals surface area (Å²) in [5, 5.41) is 4.84. The molecular formula is C43H30B2N2O. The van der Waals surface area contributed by atoms with Gasteiger partial charge < -0.3 is 4.74 Å². The molecule has 0 spiro atoms. The standard InChI is InChI=1S/C43H30B2N2O/c1-29-34-23-21-32(44(30-13-4-2-5-14-30)40-19-8-10-25-46-40)27-37(34)35-17-12-18-38-43(35)42(29)36-24-22-33(28-39(36)48-38)45(31-15-6-3-7-16-31)41-20-9-11-26-47-41/h2-28H,1H3. The number of aromatic nitrogens is 2. The van der Waals surface area contributed by atoms with E-state index in [9.17, 15) is 0 Å². The van der Waals surface area contributed by atoms with Crippen LogP contribution in [0, 0.1) is 6.92 Å². The lowest BCUT2D eigenvalue weighted by Gasteiger charge is -2.26. The number of nitrogens with zero attached hydrogens (tertiary/aromatic N) is 2. The summed E-state index contributed by atoms with van der Waals surface area (Å²) in [5.74, 6) is 1.77. The van der Waals surface area contributed by atoms with Gasteiger partial charge in [-0.15, -0.1) is 0 Å². The van der Waals surface area contributed by atoms with Gasteiger partial charge in [0.1, 0.15) is 11.5 Å². The summed E-state index contributed by atoms with van der Waals surface area (Å²) in [5.41, 5.74) is 10.5. The minimum atomic E-state index is -0.00808. The van der Waals surface area contributed by atoms with Gasteiger partial charge >= 0.3 is 0 Å². The fraction of sp³-hybridized carbons (Fsp3) is 0.0233. The summed E-state index contributed by atoms with van der Waals surface area (Å²) < 4.78 is 6.80. The Morgan fingerprint density at radius 3 is 1.69 bits per heavy atom. The van der Waals surface area contributed by atoms with Crippen LogP contribution in [0.15, 0.2) is 164 Å². The molecule has 224 valence electrons. The van der Waals surface area contributed by atoms with Gasteiger partial charge in [-0.25, -0.2) is 0 Å². The molecule has 0 fully saturated rings. The average Bonchev–Trinajstić information content (AvgIpc) is 3.15. The number of pyridine rings is 2. The van der Waals surface area contributed by atoms with Crippen LogP contribution in [-0.2, 0) is 0 Å². The molecule has 0 unspecified atom stereocenters. The van der Waals surface area contributed by atoms with Crippen LogP contribution in [0.4, 0.5) is 0 Å². The highest BCUT2D eigenvalue weighted by Crippen LogP contribution is 2.50. The highest BCUT2D eigenvalue weighted by molar-refractivity contribution is 6.95. The lowest BCUT2D eigenvalue weighted by Crippen LogP contribution is -2.53. The van der Waals surface area contributed by atoms with Gasteiger partial charge in [0, 0.05) is 40.1 Å². The molecule has 3 nitrogen and oxygen atoms in total. The van der Waals surface area contributed by atoms with Crippen molar-refractivity contribution in [1.29, 1.82) is 0 Å². The first kappa shape index (κ1) is 28.3. The van der Waals surface area contributed by atoms with Crippen molar-refractivity contribution in [3.05, 3.63) is 170 Å². The zero-order chi connectivity index (χ0) is 32.0. The van der Waals surface area contributed by atoms with Gasteiger partial charge in [-0.1, -0.05) is 137 Å². The van der Waals surface area contributed by atoms with E-state index in [0.717, 1.165) is 33.7 Å². The summed E-state index contributed by atoms with van der Waals surface area (Å²) in [4.78, 5) is 9.57. The van der Waals surface area contributed by atoms with Crippen LogP contribution in [0.3, 0.4) is 0 Å². The van der Waals surface area contributed by atoms with Crippen LogP contribution >= 0.6 is 0 Å². The first-order valence-corrected chi connectivity index (χ1v) is 16.5. The SMILES string of the molecule is Cc1c2c3c(cccc3c3cc(B(c4ccccc4)c4ccccn4)ccc13)Oc1cc(B(c3ccccc3)c3ccccn3)ccc1-2. The molecule has 0 radical (unpaired) electrons. The largest absolute Gasteiger partial charge is 0.456 e. The Bertz CT molecular complexity index is 2360. The van der Waals surface area contributed by atoms with Crippen molar-refractivity contribution in [3.63, 3.8) is 0 Å². The number of fused-ring (bicyclic) bond motifs is 4. The maximum atomic E-state index is 6.80. The highest BCUT2D eigenvalue weighted by atomic mass is 16.5. The Labute approximate surface area is 281 Å². The van der Waals surface area contributed by atoms with Crippen LogP contribution < -0.4 is 37.8 Å². The average molecular weight is 612 g/mol. The molecule has 0 N–H and O–H groups in total. The van der Waals surface area contributed by atoms with Crippen molar-refractivity contribution in [2.45, 2.75) is 6.92 Å². The Balaban J connectivity index is 1.22. The Kier molecular flexibility index (Phi) is 6.90. The van der Waals surface area contributed by atoms with Gasteiger partial charge in [0.15, 0.2) is 0 Å². The fourth-order valence-corrected chi connectivity index (χ4v) is 7.63. The smallest absolute Gasteiger partial charge is 0.265 e. The maximum Gasteiger partial charge on any atom is 0.265 e. The van der Waals surface area contributed by atoms with Crippen molar-refractivity contribution in [1.82, 2.24) is 9.97 Å². The summed E-state index contributed by atoms with van der Waals surface area (Å²) in [7, 11) is 0. The summed E-state index contributed by atoms with van der Waals surface area (Å²) in [6, 6.07) is 53.7. The topological polar surface area (TPSA) is 35.0 Å². The Hall–Kier alpha value is -5.93. The molecule has 5 heteroatoms. The zero-order valence-electron chi connectivity index (χ0n) is 26.5. The van der Waals surface area contributed by atoms with E-state index in [-0.39, 0.29) is 13.4 Å². The van der Waals surface area contributed by atoms with Gasteiger partial charge in [0.05, 0.1) is 0 Å². The molecule has 0 atom stereocenters. The summed E-state index contributed by atoms with van der Waals surface area (Å²) >= 11 is 0. The number of ether oxygens (including phenoxy) is 1. The molecule has 6 aromatic carbocycles. The van der Waals surface area contributed by atoms with E-state index in [2.05, 4.69) is 146 Å². The molecule has 0 saturated heterocycles. The van der Waals surface area contributed by atoms with Gasteiger partial charge in [0.25, 0.3) is 13.4 Å². The molecule has 0 saturated carbocycles. The Morgan fingerprint density at radius 2 is 1.06 bits per heavy atom. The van der Waals surface area contributed by atoms with Gasteiger partial charge in [-0.3, -0.25) is 9.97 Å². The molecule has 1 aliphatic rings. The van der Waals surface area contributed by atoms with Crippen molar-refractivity contribution in [2.24, 2.45) is 0 Å². The van der Waals surface area contributed by atoms with Crippen molar-refractivity contribution in [3.8, 4) is 22.6 Å². The van der Waals surface area contributed by atoms with Crippen molar-refractivity contribution < 1.29 is 4.74 Å². The zero-order valence-corrected chi connectivity index (χ0v) is 26.5. The monoisotopic (exact) mass is 612 g/mol. The number of benzene rings is 6. The van der Waals surface area contributed by atoms with Crippen molar-refractivity contribution in [2.75, 3.05) is 0 Å². The summed E-state index contributed by atoms with van der Waals surface area (Å²) in [6.07, 6.45) is 3.75. The first-order valence-electron chi connectivity index (χ1n) is 16.5. The predicted molar refractivity (Wildman–Crippen MR) is 202 cm³/mol. The first-order chi connectivity index (χ1) is 23.7. The molecular weight excluding hydrogens is 582 g/mol. The Morgan fingerprint density at radius 1 is 0.458 bits per heavy atom. The number of hydrogen-bond donors (Lipinski definition) is 0. The molecule has 3 heterocycles. The molecule has 0 aliphatic carbocycles. The third kappa shape index (κ3) is 4.70. The minimum Gasteiger partial charge on any atom is -0.456 e. The summed E-state index contributed by atoms with van der Waals surface area (Å²) in [6.45, 7) is 2.27. The minimum absolute atomic E-state index is 0.00808. The van der Waals surface area contributed by atoms with Gasteiger partial charge in [-0.05, 0) is 65.0 Å². The number of rotatable bonds is 6. The lowest BCUT2D eigenvalue weighted by atomic mass is 9.38. The van der Waals surface area contributed by atoms with E-state index in [1.165, 1.54) is 49.1 Å². The second-order valence-corrected chi connectivity index (χ2v) is 12.5. The van der Waals surface area contributed by atoms with E-state index in [1.54, 1.807) is 0 Å². The lowest BCUT2D eigenvalue weighted by molar-refractivity contribution is 0.487. The molecule has 2 aromatic heterocycles. The van der Waals surface area contributed by atoms with Crippen LogP contribution in [0.1, 0.15) is 5.56 Å². The predicted octanol–water partition coefficient (Wildman–Crippen LogP) is 5.90. The normalized spacial score (nSPS) is 11.6. The molecule has 1 aliphatic heterocycles. The molecule has 9 rings (SSSR count). The van der Waals surface area contributed by atoms with Crippen LogP contribution in [0.5, 0.6) is 11.5 Å². The van der Waals surface area contributed by atoms with E-state index in [4.69, 9.17) is 14.7 Å². The molecule has 8 aromatic rings. The van der Waals surface area contributed by atoms with Crippen LogP contribution in [0.2, 0.25) is 0 Å². The molecule has 48 heavy (non-hydrogen) atoms.